The Kier molecular flexibility index (Phi) is 4.96. The molecule has 1 saturated heterocycles. The molecule has 4 amide bonds. The molecule has 2 N–H and O–H groups in total. The fourth-order valence-corrected chi connectivity index (χ4v) is 5.01. The largest absolute Gasteiger partial charge is 0.334 e. The van der Waals surface area contributed by atoms with Crippen LogP contribution in [0.25, 0.3) is 11.0 Å². The molecule has 0 spiro atoms. The number of carbonyl (C=O) groups is 4. The van der Waals surface area contributed by atoms with E-state index in [2.05, 4.69) is 38.2 Å². The van der Waals surface area contributed by atoms with Gasteiger partial charge in [-0.05, 0) is 58.8 Å². The first-order valence-electron chi connectivity index (χ1n) is 10.0. The van der Waals surface area contributed by atoms with E-state index in [0.29, 0.717) is 23.2 Å². The van der Waals surface area contributed by atoms with Crippen molar-refractivity contribution in [2.45, 2.75) is 25.4 Å². The third-order valence-corrected chi connectivity index (χ3v) is 6.67. The lowest BCUT2D eigenvalue weighted by Gasteiger charge is -2.29. The highest BCUT2D eigenvalue weighted by molar-refractivity contribution is 14.1. The summed E-state index contributed by atoms with van der Waals surface area (Å²) < 4.78 is 2.91. The minimum Gasteiger partial charge on any atom is -0.334 e. The number of fused-ring (bicyclic) bond motifs is 2. The Bertz CT molecular complexity index is 1330. The van der Waals surface area contributed by atoms with Gasteiger partial charge >= 0.3 is 0 Å². The molecule has 1 aromatic carbocycles. The van der Waals surface area contributed by atoms with E-state index in [1.165, 1.54) is 11.1 Å². The van der Waals surface area contributed by atoms with E-state index in [1.807, 2.05) is 17.8 Å². The summed E-state index contributed by atoms with van der Waals surface area (Å²) in [5, 5.41) is 6.05. The molecule has 10 heteroatoms. The minimum atomic E-state index is -0.670. The number of hydrogen-bond acceptors (Lipinski definition) is 5. The quantitative estimate of drug-likeness (QED) is 0.389. The van der Waals surface area contributed by atoms with Crippen molar-refractivity contribution >= 4 is 62.9 Å². The van der Waals surface area contributed by atoms with Crippen molar-refractivity contribution in [3.8, 4) is 0 Å². The van der Waals surface area contributed by atoms with E-state index in [-0.39, 0.29) is 30.7 Å². The fraction of sp³-hybridized carbons (Fsp3) is 0.227. The summed E-state index contributed by atoms with van der Waals surface area (Å²) in [5.74, 6) is -1.32. The molecular formula is C22H18IN5O4. The minimum absolute atomic E-state index is 0.205. The first-order valence-corrected chi connectivity index (χ1v) is 11.1. The van der Waals surface area contributed by atoms with Crippen LogP contribution in [0.15, 0.2) is 36.7 Å². The third-order valence-electron chi connectivity index (χ3n) is 5.81. The van der Waals surface area contributed by atoms with Crippen LogP contribution in [0.5, 0.6) is 0 Å². The molecule has 5 rings (SSSR count). The topological polar surface area (TPSA) is 113 Å². The lowest BCUT2D eigenvalue weighted by molar-refractivity contribution is -0.136. The Labute approximate surface area is 196 Å². The molecule has 32 heavy (non-hydrogen) atoms. The summed E-state index contributed by atoms with van der Waals surface area (Å²) in [6.07, 6.45) is 4.00. The van der Waals surface area contributed by atoms with Gasteiger partial charge in [0.15, 0.2) is 0 Å². The molecule has 1 atom stereocenters. The number of anilines is 1. The smallest absolute Gasteiger partial charge is 0.257 e. The van der Waals surface area contributed by atoms with E-state index in [4.69, 9.17) is 0 Å². The van der Waals surface area contributed by atoms with Gasteiger partial charge in [-0.25, -0.2) is 4.98 Å². The van der Waals surface area contributed by atoms with E-state index < -0.39 is 11.9 Å². The van der Waals surface area contributed by atoms with Gasteiger partial charge in [-0.3, -0.25) is 24.5 Å². The second-order valence-corrected chi connectivity index (χ2v) is 9.07. The Morgan fingerprint density at radius 2 is 2.06 bits per heavy atom. The average Bonchev–Trinajstić information content (AvgIpc) is 3.23. The van der Waals surface area contributed by atoms with Crippen LogP contribution in [-0.4, -0.2) is 44.1 Å². The van der Waals surface area contributed by atoms with Gasteiger partial charge in [0.1, 0.15) is 11.7 Å². The monoisotopic (exact) mass is 543 g/mol. The number of halogens is 1. The number of nitrogens with zero attached hydrogens (tertiary/aromatic N) is 3. The van der Waals surface area contributed by atoms with E-state index in [1.54, 1.807) is 24.3 Å². The molecule has 9 nitrogen and oxygen atoms in total. The summed E-state index contributed by atoms with van der Waals surface area (Å²) in [6.45, 7) is 0.250. The van der Waals surface area contributed by atoms with Crippen LogP contribution in [0.2, 0.25) is 0 Å². The van der Waals surface area contributed by atoms with Crippen molar-refractivity contribution in [1.82, 2.24) is 19.8 Å². The fourth-order valence-electron chi connectivity index (χ4n) is 4.19. The SMILES string of the molecule is Cn1cc(I)c2cc(C(=O)Nc3ccc4c(c3)CN(C3CCC(=O)NC3=O)C4=O)cnc21. The Morgan fingerprint density at radius 1 is 1.25 bits per heavy atom. The number of aryl methyl sites for hydroxylation is 1. The molecular weight excluding hydrogens is 525 g/mol. The predicted molar refractivity (Wildman–Crippen MR) is 124 cm³/mol. The number of piperidine rings is 1. The van der Waals surface area contributed by atoms with Crippen molar-refractivity contribution in [1.29, 1.82) is 0 Å². The Hall–Kier alpha value is -3.28. The molecule has 2 aliphatic rings. The molecule has 3 aromatic rings. The molecule has 1 fully saturated rings. The Morgan fingerprint density at radius 3 is 2.84 bits per heavy atom. The molecule has 2 aromatic heterocycles. The highest BCUT2D eigenvalue weighted by atomic mass is 127. The van der Waals surface area contributed by atoms with E-state index in [0.717, 1.165) is 20.2 Å². The van der Waals surface area contributed by atoms with Crippen molar-refractivity contribution in [2.24, 2.45) is 7.05 Å². The molecule has 0 radical (unpaired) electrons. The lowest BCUT2D eigenvalue weighted by Crippen LogP contribution is -2.52. The van der Waals surface area contributed by atoms with Gasteiger partial charge in [0.2, 0.25) is 11.8 Å². The zero-order valence-electron chi connectivity index (χ0n) is 17.0. The first kappa shape index (κ1) is 20.6. The van der Waals surface area contributed by atoms with Gasteiger partial charge in [-0.15, -0.1) is 0 Å². The van der Waals surface area contributed by atoms with Gasteiger partial charge in [-0.2, -0.15) is 0 Å². The van der Waals surface area contributed by atoms with Crippen LogP contribution in [0.1, 0.15) is 39.1 Å². The number of rotatable bonds is 3. The number of benzene rings is 1. The summed E-state index contributed by atoms with van der Waals surface area (Å²) in [4.78, 5) is 55.1. The van der Waals surface area contributed by atoms with Crippen molar-refractivity contribution in [2.75, 3.05) is 5.32 Å². The summed E-state index contributed by atoms with van der Waals surface area (Å²) in [5.41, 5.74) is 3.01. The number of imide groups is 1. The zero-order valence-corrected chi connectivity index (χ0v) is 19.2. The third kappa shape index (κ3) is 3.44. The molecule has 0 bridgehead atoms. The van der Waals surface area contributed by atoms with Gasteiger partial charge in [0, 0.05) is 52.6 Å². The number of nitrogens with one attached hydrogen (secondary N) is 2. The summed E-state index contributed by atoms with van der Waals surface area (Å²) in [6, 6.07) is 6.20. The van der Waals surface area contributed by atoms with Crippen LogP contribution >= 0.6 is 22.6 Å². The van der Waals surface area contributed by atoms with Gasteiger partial charge in [-0.1, -0.05) is 0 Å². The maximum atomic E-state index is 12.8. The van der Waals surface area contributed by atoms with Gasteiger partial charge < -0.3 is 14.8 Å². The molecule has 2 aliphatic heterocycles. The van der Waals surface area contributed by atoms with Crippen LogP contribution in [-0.2, 0) is 23.2 Å². The maximum absolute atomic E-state index is 12.8. The molecule has 1 unspecified atom stereocenters. The maximum Gasteiger partial charge on any atom is 0.257 e. The number of aromatic nitrogens is 2. The molecule has 0 saturated carbocycles. The van der Waals surface area contributed by atoms with Crippen molar-refractivity contribution in [3.05, 3.63) is 56.9 Å². The van der Waals surface area contributed by atoms with Gasteiger partial charge in [0.25, 0.3) is 11.8 Å². The Balaban J connectivity index is 1.35. The standard InChI is InChI=1S/C22H18IN5O4/c1-27-10-16(23)15-7-11(8-24-19(15)27)20(30)25-13-2-3-14-12(6-13)9-28(22(14)32)17-4-5-18(29)26-21(17)31/h2-3,6-8,10,17H,4-5,9H2,1H3,(H,25,30)(H,26,29,31). The van der Waals surface area contributed by atoms with Gasteiger partial charge in [0.05, 0.1) is 5.56 Å². The van der Waals surface area contributed by atoms with Crippen LogP contribution < -0.4 is 10.6 Å². The zero-order chi connectivity index (χ0) is 22.6. The number of carbonyl (C=O) groups excluding carboxylic acids is 4. The summed E-state index contributed by atoms with van der Waals surface area (Å²) >= 11 is 2.21. The number of pyridine rings is 1. The number of hydrogen-bond donors (Lipinski definition) is 2. The second kappa shape index (κ2) is 7.69. The van der Waals surface area contributed by atoms with Crippen LogP contribution in [0.3, 0.4) is 0 Å². The van der Waals surface area contributed by atoms with E-state index >= 15 is 0 Å². The van der Waals surface area contributed by atoms with E-state index in [9.17, 15) is 19.2 Å². The van der Waals surface area contributed by atoms with Crippen LogP contribution in [0.4, 0.5) is 5.69 Å². The highest BCUT2D eigenvalue weighted by Crippen LogP contribution is 2.30. The molecule has 0 aliphatic carbocycles. The van der Waals surface area contributed by atoms with Crippen LogP contribution in [0, 0.1) is 3.57 Å². The second-order valence-electron chi connectivity index (χ2n) is 7.91. The molecule has 4 heterocycles. The predicted octanol–water partition coefficient (Wildman–Crippen LogP) is 2.19. The average molecular weight is 543 g/mol. The summed E-state index contributed by atoms with van der Waals surface area (Å²) in [7, 11) is 1.90. The number of amides is 4. The van der Waals surface area contributed by atoms with Crippen molar-refractivity contribution in [3.63, 3.8) is 0 Å². The van der Waals surface area contributed by atoms with Crippen molar-refractivity contribution < 1.29 is 19.2 Å². The molecule has 162 valence electrons. The normalized spacial score (nSPS) is 18.1. The highest BCUT2D eigenvalue weighted by Gasteiger charge is 2.39. The first-order chi connectivity index (χ1) is 15.3. The lowest BCUT2D eigenvalue weighted by atomic mass is 10.0.